The number of urea groups is 1. The lowest BCUT2D eigenvalue weighted by atomic mass is 9.92. The smallest absolute Gasteiger partial charge is 0.322 e. The molecule has 4 rings (SSSR count). The number of carbonyl (C=O) groups is 1. The molecule has 3 aromatic rings. The molecule has 1 aromatic heterocycles. The van der Waals surface area contributed by atoms with Gasteiger partial charge in [0.1, 0.15) is 5.82 Å². The summed E-state index contributed by atoms with van der Waals surface area (Å²) in [5.41, 5.74) is 5.49. The van der Waals surface area contributed by atoms with E-state index in [4.69, 9.17) is 4.52 Å². The zero-order valence-electron chi connectivity index (χ0n) is 18.8. The van der Waals surface area contributed by atoms with Crippen LogP contribution in [0.4, 0.5) is 9.18 Å². The summed E-state index contributed by atoms with van der Waals surface area (Å²) in [6, 6.07) is 11.5. The summed E-state index contributed by atoms with van der Waals surface area (Å²) < 4.78 is 19.0. The topological polar surface area (TPSA) is 71.3 Å². The van der Waals surface area contributed by atoms with Gasteiger partial charge < -0.3 is 9.84 Å². The van der Waals surface area contributed by atoms with Crippen LogP contribution >= 0.6 is 0 Å². The molecule has 0 bridgehead atoms. The van der Waals surface area contributed by atoms with Crippen LogP contribution in [0.25, 0.3) is 17.0 Å². The molecule has 2 heterocycles. The zero-order valence-corrected chi connectivity index (χ0v) is 18.8. The molecule has 1 atom stereocenters. The van der Waals surface area contributed by atoms with Gasteiger partial charge in [-0.3, -0.25) is 4.90 Å². The molecule has 0 spiro atoms. The van der Waals surface area contributed by atoms with Crippen LogP contribution in [-0.4, -0.2) is 27.6 Å². The highest BCUT2D eigenvalue weighted by Crippen LogP contribution is 2.38. The molecule has 6 nitrogen and oxygen atoms in total. The average Bonchev–Trinajstić information content (AvgIpc) is 3.25. The van der Waals surface area contributed by atoms with Gasteiger partial charge >= 0.3 is 6.03 Å². The minimum atomic E-state index is -0.416. The molecule has 166 valence electrons. The van der Waals surface area contributed by atoms with Crippen LogP contribution in [-0.2, 0) is 0 Å². The van der Waals surface area contributed by atoms with E-state index < -0.39 is 6.04 Å². The number of nitrogens with one attached hydrogen (secondary N) is 1. The Morgan fingerprint density at radius 1 is 1.09 bits per heavy atom. The second-order valence-electron chi connectivity index (χ2n) is 8.16. The van der Waals surface area contributed by atoms with Gasteiger partial charge in [0.25, 0.3) is 5.89 Å². The van der Waals surface area contributed by atoms with E-state index in [1.165, 1.54) is 17.7 Å². The first-order chi connectivity index (χ1) is 15.4. The van der Waals surface area contributed by atoms with Crippen LogP contribution in [0, 0.1) is 19.7 Å². The van der Waals surface area contributed by atoms with Crippen molar-refractivity contribution in [3.63, 3.8) is 0 Å². The number of hydrogen-bond acceptors (Lipinski definition) is 4. The van der Waals surface area contributed by atoms with Crippen molar-refractivity contribution in [3.05, 3.63) is 76.6 Å². The van der Waals surface area contributed by atoms with Gasteiger partial charge in [-0.1, -0.05) is 36.7 Å². The number of carbonyl (C=O) groups excluding carboxylic acids is 1. The van der Waals surface area contributed by atoms with Gasteiger partial charge in [-0.25, -0.2) is 9.18 Å². The number of aryl methyl sites for hydroxylation is 2. The molecule has 2 amide bonds. The van der Waals surface area contributed by atoms with Crippen molar-refractivity contribution in [1.29, 1.82) is 0 Å². The van der Waals surface area contributed by atoms with Crippen LogP contribution in [0.3, 0.4) is 0 Å². The highest BCUT2D eigenvalue weighted by molar-refractivity contribution is 5.86. The second-order valence-corrected chi connectivity index (χ2v) is 8.16. The summed E-state index contributed by atoms with van der Waals surface area (Å²) in [6.45, 7) is 8.72. The van der Waals surface area contributed by atoms with Gasteiger partial charge in [-0.15, -0.1) is 0 Å². The maximum atomic E-state index is 13.3. The highest BCUT2D eigenvalue weighted by atomic mass is 19.1. The van der Waals surface area contributed by atoms with Gasteiger partial charge in [-0.2, -0.15) is 4.98 Å². The summed E-state index contributed by atoms with van der Waals surface area (Å²) >= 11 is 0. The van der Waals surface area contributed by atoms with Gasteiger partial charge in [0.2, 0.25) is 5.82 Å². The van der Waals surface area contributed by atoms with Crippen LogP contribution < -0.4 is 5.32 Å². The molecule has 1 aliphatic heterocycles. The van der Waals surface area contributed by atoms with Gasteiger partial charge in [-0.05, 0) is 68.1 Å². The SMILES string of the molecule is CCCCN1C(=O)NC(c2ccc(C)c(C)c2)C(c2nc(-c3ccc(F)cc3)no2)=C1C. The molecule has 2 aromatic carbocycles. The Hall–Kier alpha value is -3.48. The number of hydrogen-bond donors (Lipinski definition) is 1. The normalized spacial score (nSPS) is 16.5. The Bertz CT molecular complexity index is 1170. The van der Waals surface area contributed by atoms with E-state index in [9.17, 15) is 9.18 Å². The Balaban J connectivity index is 1.80. The van der Waals surface area contributed by atoms with E-state index in [0.717, 1.165) is 35.2 Å². The van der Waals surface area contributed by atoms with Gasteiger partial charge in [0.15, 0.2) is 0 Å². The Labute approximate surface area is 187 Å². The molecule has 0 radical (unpaired) electrons. The molecule has 0 fully saturated rings. The first-order valence-electron chi connectivity index (χ1n) is 10.8. The third-order valence-corrected chi connectivity index (χ3v) is 5.95. The predicted molar refractivity (Wildman–Crippen MR) is 121 cm³/mol. The quantitative estimate of drug-likeness (QED) is 0.533. The summed E-state index contributed by atoms with van der Waals surface area (Å²) in [5, 5.41) is 7.24. The Morgan fingerprint density at radius 2 is 1.84 bits per heavy atom. The molecule has 1 aliphatic rings. The van der Waals surface area contributed by atoms with Crippen LogP contribution in [0.2, 0.25) is 0 Å². The summed E-state index contributed by atoms with van der Waals surface area (Å²) in [4.78, 5) is 19.3. The maximum Gasteiger partial charge on any atom is 0.322 e. The van der Waals surface area contributed by atoms with Crippen molar-refractivity contribution < 1.29 is 13.7 Å². The van der Waals surface area contributed by atoms with Gasteiger partial charge in [0, 0.05) is 17.8 Å². The third kappa shape index (κ3) is 4.15. The van der Waals surface area contributed by atoms with E-state index in [1.807, 2.05) is 26.0 Å². The molecule has 0 saturated carbocycles. The minimum absolute atomic E-state index is 0.138. The number of benzene rings is 2. The van der Waals surface area contributed by atoms with Crippen LogP contribution in [0.1, 0.15) is 55.3 Å². The summed E-state index contributed by atoms with van der Waals surface area (Å²) in [6.07, 6.45) is 1.86. The summed E-state index contributed by atoms with van der Waals surface area (Å²) in [7, 11) is 0. The number of unbranched alkanes of at least 4 members (excludes halogenated alkanes) is 1. The monoisotopic (exact) mass is 434 g/mol. The number of aromatic nitrogens is 2. The molecule has 0 aliphatic carbocycles. The fourth-order valence-electron chi connectivity index (χ4n) is 3.89. The largest absolute Gasteiger partial charge is 0.334 e. The van der Waals surface area contributed by atoms with Crippen molar-refractivity contribution in [3.8, 4) is 11.4 Å². The fraction of sp³-hybridized carbons (Fsp3) is 0.320. The first-order valence-corrected chi connectivity index (χ1v) is 10.8. The molecule has 1 unspecified atom stereocenters. The lowest BCUT2D eigenvalue weighted by molar-refractivity contribution is 0.204. The second kappa shape index (κ2) is 8.94. The van der Waals surface area contributed by atoms with Crippen molar-refractivity contribution in [2.75, 3.05) is 6.54 Å². The predicted octanol–water partition coefficient (Wildman–Crippen LogP) is 5.79. The Kier molecular flexibility index (Phi) is 6.08. The third-order valence-electron chi connectivity index (χ3n) is 5.95. The number of halogens is 1. The number of amides is 2. The van der Waals surface area contributed by atoms with E-state index in [0.29, 0.717) is 23.8 Å². The van der Waals surface area contributed by atoms with E-state index in [-0.39, 0.29) is 11.8 Å². The highest BCUT2D eigenvalue weighted by Gasteiger charge is 2.35. The zero-order chi connectivity index (χ0) is 22.8. The minimum Gasteiger partial charge on any atom is -0.334 e. The molecule has 0 saturated heterocycles. The van der Waals surface area contributed by atoms with E-state index in [1.54, 1.807) is 17.0 Å². The average molecular weight is 435 g/mol. The first kappa shape index (κ1) is 21.7. The molecule has 1 N–H and O–H groups in total. The molecule has 7 heteroatoms. The van der Waals surface area contributed by atoms with Gasteiger partial charge in [0.05, 0.1) is 11.6 Å². The number of allylic oxidation sites excluding steroid dienone is 1. The number of rotatable bonds is 6. The molecular weight excluding hydrogens is 407 g/mol. The van der Waals surface area contributed by atoms with Crippen molar-refractivity contribution in [1.82, 2.24) is 20.4 Å². The molecular formula is C25H27FN4O2. The van der Waals surface area contributed by atoms with E-state index in [2.05, 4.69) is 35.4 Å². The van der Waals surface area contributed by atoms with Crippen molar-refractivity contribution >= 4 is 11.6 Å². The van der Waals surface area contributed by atoms with E-state index >= 15 is 0 Å². The molecule has 32 heavy (non-hydrogen) atoms. The van der Waals surface area contributed by atoms with Crippen molar-refractivity contribution in [2.24, 2.45) is 0 Å². The van der Waals surface area contributed by atoms with Crippen LogP contribution in [0.5, 0.6) is 0 Å². The lowest BCUT2D eigenvalue weighted by Gasteiger charge is -2.35. The van der Waals surface area contributed by atoms with Crippen LogP contribution in [0.15, 0.2) is 52.7 Å². The standard InChI is InChI=1S/C25H27FN4O2/c1-5-6-13-30-17(4)21(22(27-25(30)31)19-8-7-15(2)16(3)14-19)24-28-23(29-32-24)18-9-11-20(26)12-10-18/h7-12,14,22H,5-6,13H2,1-4H3,(H,27,31). The number of nitrogens with zero attached hydrogens (tertiary/aromatic N) is 3. The fourth-order valence-corrected chi connectivity index (χ4v) is 3.89. The lowest BCUT2D eigenvalue weighted by Crippen LogP contribution is -2.46. The van der Waals surface area contributed by atoms with Crippen molar-refractivity contribution in [2.45, 2.75) is 46.6 Å². The summed E-state index contributed by atoms with van der Waals surface area (Å²) in [5.74, 6) is 0.384. The Morgan fingerprint density at radius 3 is 2.53 bits per heavy atom. The maximum absolute atomic E-state index is 13.3.